The lowest BCUT2D eigenvalue weighted by atomic mass is 9.85. The van der Waals surface area contributed by atoms with Gasteiger partial charge in [0.2, 0.25) is 0 Å². The number of carbonyl (C=O) groups is 1. The Morgan fingerprint density at radius 3 is 2.57 bits per heavy atom. The van der Waals surface area contributed by atoms with Gasteiger partial charge in [-0.25, -0.2) is 23.5 Å². The van der Waals surface area contributed by atoms with Gasteiger partial charge in [-0.1, -0.05) is 6.42 Å². The number of aliphatic hydroxyl groups excluding tert-OH is 1. The highest BCUT2D eigenvalue weighted by atomic mass is 127. The van der Waals surface area contributed by atoms with Crippen molar-refractivity contribution in [2.75, 3.05) is 5.32 Å². The average Bonchev–Trinajstić information content (AvgIpc) is 2.60. The van der Waals surface area contributed by atoms with Crippen LogP contribution in [0.1, 0.15) is 35.2 Å². The van der Waals surface area contributed by atoms with E-state index in [0.717, 1.165) is 28.4 Å². The molecule has 1 aliphatic carbocycles. The maximum atomic E-state index is 14.4. The molecule has 0 aromatic heterocycles. The number of hydrogen-bond donors (Lipinski definition) is 3. The third-order valence-corrected chi connectivity index (χ3v) is 5.35. The van der Waals surface area contributed by atoms with Gasteiger partial charge < -0.3 is 10.4 Å². The van der Waals surface area contributed by atoms with Crippen LogP contribution in [0.15, 0.2) is 24.3 Å². The van der Waals surface area contributed by atoms with E-state index in [1.165, 1.54) is 0 Å². The number of rotatable bonds is 6. The van der Waals surface area contributed by atoms with Crippen LogP contribution in [0, 0.1) is 33.9 Å². The minimum Gasteiger partial charge on any atom is -0.366 e. The SMILES string of the molecule is Cc1cc(I)ccc1Nc1c(C(=O)NOC(O)C2CCC2)cc(F)c(F)c1F. The number of amides is 1. The monoisotopic (exact) mass is 506 g/mol. The first-order chi connectivity index (χ1) is 13.3. The molecule has 150 valence electrons. The maximum Gasteiger partial charge on any atom is 0.277 e. The van der Waals surface area contributed by atoms with Gasteiger partial charge >= 0.3 is 0 Å². The number of hydroxylamine groups is 1. The predicted molar refractivity (Wildman–Crippen MR) is 105 cm³/mol. The molecule has 1 saturated carbocycles. The van der Waals surface area contributed by atoms with Crippen molar-refractivity contribution in [1.29, 1.82) is 0 Å². The first-order valence-corrected chi connectivity index (χ1v) is 9.70. The van der Waals surface area contributed by atoms with Crippen LogP contribution >= 0.6 is 22.6 Å². The second-order valence-corrected chi connectivity index (χ2v) is 7.87. The van der Waals surface area contributed by atoms with Gasteiger partial charge in [-0.3, -0.25) is 4.79 Å². The summed E-state index contributed by atoms with van der Waals surface area (Å²) >= 11 is 2.10. The molecule has 0 aliphatic heterocycles. The molecule has 1 aliphatic rings. The number of benzene rings is 2. The number of halogens is 4. The quantitative estimate of drug-likeness (QED) is 0.233. The zero-order valence-corrected chi connectivity index (χ0v) is 17.0. The van der Waals surface area contributed by atoms with Crippen molar-refractivity contribution in [3.63, 3.8) is 0 Å². The Bertz CT molecular complexity index is 906. The summed E-state index contributed by atoms with van der Waals surface area (Å²) in [6, 6.07) is 5.76. The Morgan fingerprint density at radius 2 is 1.96 bits per heavy atom. The number of hydrogen-bond acceptors (Lipinski definition) is 4. The highest BCUT2D eigenvalue weighted by Gasteiger charge is 2.28. The third kappa shape index (κ3) is 4.41. The van der Waals surface area contributed by atoms with Crippen LogP contribution in [-0.4, -0.2) is 17.3 Å². The Kier molecular flexibility index (Phi) is 6.46. The van der Waals surface area contributed by atoms with Crippen LogP contribution in [0.3, 0.4) is 0 Å². The second kappa shape index (κ2) is 8.66. The van der Waals surface area contributed by atoms with E-state index in [0.29, 0.717) is 11.8 Å². The molecule has 1 amide bonds. The summed E-state index contributed by atoms with van der Waals surface area (Å²) in [5.41, 5.74) is 2.12. The number of carbonyl (C=O) groups excluding carboxylic acids is 1. The van der Waals surface area contributed by atoms with E-state index in [2.05, 4.69) is 27.9 Å². The first-order valence-electron chi connectivity index (χ1n) is 8.62. The summed E-state index contributed by atoms with van der Waals surface area (Å²) in [4.78, 5) is 17.3. The molecule has 2 aromatic rings. The average molecular weight is 506 g/mol. The van der Waals surface area contributed by atoms with Crippen LogP contribution in [-0.2, 0) is 4.84 Å². The molecule has 0 radical (unpaired) electrons. The molecule has 0 heterocycles. The molecule has 1 atom stereocenters. The minimum absolute atomic E-state index is 0.103. The lowest BCUT2D eigenvalue weighted by Gasteiger charge is -2.29. The van der Waals surface area contributed by atoms with Crippen LogP contribution in [0.4, 0.5) is 24.5 Å². The van der Waals surface area contributed by atoms with Gasteiger partial charge in [-0.15, -0.1) is 0 Å². The van der Waals surface area contributed by atoms with Gasteiger partial charge in [0.25, 0.3) is 5.91 Å². The second-order valence-electron chi connectivity index (χ2n) is 6.62. The number of nitrogens with one attached hydrogen (secondary N) is 2. The summed E-state index contributed by atoms with van der Waals surface area (Å²) in [6.45, 7) is 1.75. The molecule has 3 rings (SSSR count). The van der Waals surface area contributed by atoms with Crippen molar-refractivity contribution in [3.05, 3.63) is 56.4 Å². The normalized spacial score (nSPS) is 15.1. The van der Waals surface area contributed by atoms with Gasteiger partial charge in [-0.2, -0.15) is 0 Å². The Hall–Kier alpha value is -1.85. The van der Waals surface area contributed by atoms with Crippen LogP contribution < -0.4 is 10.8 Å². The van der Waals surface area contributed by atoms with E-state index in [-0.39, 0.29) is 5.92 Å². The highest BCUT2D eigenvalue weighted by Crippen LogP contribution is 2.31. The van der Waals surface area contributed by atoms with Gasteiger partial charge in [0.15, 0.2) is 23.7 Å². The van der Waals surface area contributed by atoms with Crippen LogP contribution in [0.25, 0.3) is 0 Å². The zero-order chi connectivity index (χ0) is 20.4. The zero-order valence-electron chi connectivity index (χ0n) is 14.9. The molecule has 1 unspecified atom stereocenters. The summed E-state index contributed by atoms with van der Waals surface area (Å²) in [5, 5.41) is 12.5. The first kappa shape index (κ1) is 20.9. The standard InChI is InChI=1S/C19H18F3IN2O3/c1-9-7-11(23)5-6-14(9)24-17-12(8-13(20)15(21)16(17)22)18(26)25-28-19(27)10-3-2-4-10/h5-8,10,19,24,27H,2-4H2,1H3,(H,25,26). The number of aliphatic hydroxyl groups is 1. The maximum absolute atomic E-state index is 14.4. The third-order valence-electron chi connectivity index (χ3n) is 4.68. The van der Waals surface area contributed by atoms with Gasteiger partial charge in [-0.05, 0) is 72.2 Å². The van der Waals surface area contributed by atoms with Crippen LogP contribution in [0.5, 0.6) is 0 Å². The Balaban J connectivity index is 1.87. The fraction of sp³-hybridized carbons (Fsp3) is 0.316. The highest BCUT2D eigenvalue weighted by molar-refractivity contribution is 14.1. The Labute approximate surface area is 173 Å². The van der Waals surface area contributed by atoms with Crippen molar-refractivity contribution < 1.29 is 27.9 Å². The Morgan fingerprint density at radius 1 is 1.25 bits per heavy atom. The summed E-state index contributed by atoms with van der Waals surface area (Å²) in [7, 11) is 0. The summed E-state index contributed by atoms with van der Waals surface area (Å²) in [6.07, 6.45) is 1.25. The van der Waals surface area contributed by atoms with E-state index in [9.17, 15) is 23.1 Å². The van der Waals surface area contributed by atoms with Gasteiger partial charge in [0, 0.05) is 15.2 Å². The molecular formula is C19H18F3IN2O3. The van der Waals surface area contributed by atoms with E-state index in [1.54, 1.807) is 25.1 Å². The van der Waals surface area contributed by atoms with Crippen molar-refractivity contribution in [3.8, 4) is 0 Å². The smallest absolute Gasteiger partial charge is 0.277 e. The molecule has 5 nitrogen and oxygen atoms in total. The summed E-state index contributed by atoms with van der Waals surface area (Å²) < 4.78 is 42.9. The van der Waals surface area contributed by atoms with Crippen molar-refractivity contribution in [2.45, 2.75) is 32.5 Å². The van der Waals surface area contributed by atoms with E-state index < -0.39 is 40.9 Å². The van der Waals surface area contributed by atoms with Gasteiger partial charge in [0.05, 0.1) is 11.3 Å². The van der Waals surface area contributed by atoms with Crippen molar-refractivity contribution in [1.82, 2.24) is 5.48 Å². The number of aryl methyl sites for hydroxylation is 1. The van der Waals surface area contributed by atoms with Gasteiger partial charge in [0.1, 0.15) is 0 Å². The predicted octanol–water partition coefficient (Wildman–Crippen LogP) is 4.54. The molecule has 0 saturated heterocycles. The van der Waals surface area contributed by atoms with Crippen LogP contribution in [0.2, 0.25) is 0 Å². The molecule has 0 spiro atoms. The largest absolute Gasteiger partial charge is 0.366 e. The molecule has 3 N–H and O–H groups in total. The number of anilines is 2. The van der Waals surface area contributed by atoms with E-state index in [1.807, 2.05) is 5.48 Å². The molecule has 28 heavy (non-hydrogen) atoms. The van der Waals surface area contributed by atoms with E-state index >= 15 is 0 Å². The fourth-order valence-electron chi connectivity index (χ4n) is 2.79. The lowest BCUT2D eigenvalue weighted by molar-refractivity contribution is -0.178. The molecule has 9 heteroatoms. The van der Waals surface area contributed by atoms with E-state index in [4.69, 9.17) is 4.84 Å². The summed E-state index contributed by atoms with van der Waals surface area (Å²) in [5.74, 6) is -5.84. The topological polar surface area (TPSA) is 70.6 Å². The molecule has 2 aromatic carbocycles. The molecule has 0 bridgehead atoms. The molecule has 1 fully saturated rings. The lowest BCUT2D eigenvalue weighted by Crippen LogP contribution is -2.36. The molecular weight excluding hydrogens is 488 g/mol. The fourth-order valence-corrected chi connectivity index (χ4v) is 3.44. The minimum atomic E-state index is -1.70. The van der Waals surface area contributed by atoms with Crippen molar-refractivity contribution in [2.24, 2.45) is 5.92 Å². The van der Waals surface area contributed by atoms with Crippen molar-refractivity contribution >= 4 is 39.9 Å².